The van der Waals surface area contributed by atoms with Gasteiger partial charge in [0, 0.05) is 23.1 Å². The number of thiophene rings is 1. The van der Waals surface area contributed by atoms with Crippen molar-refractivity contribution in [2.45, 2.75) is 6.42 Å². The Balaban J connectivity index is 2.24. The van der Waals surface area contributed by atoms with E-state index >= 15 is 0 Å². The highest BCUT2D eigenvalue weighted by Crippen LogP contribution is 2.31. The lowest BCUT2D eigenvalue weighted by Crippen LogP contribution is -1.84. The first-order valence-corrected chi connectivity index (χ1v) is 6.71. The molecule has 14 heavy (non-hydrogen) atoms. The van der Waals surface area contributed by atoms with Gasteiger partial charge in [-0.15, -0.1) is 34.3 Å². The molecule has 0 atom stereocenters. The van der Waals surface area contributed by atoms with Gasteiger partial charge >= 0.3 is 0 Å². The maximum absolute atomic E-state index is 5.84. The molecule has 0 aliphatic carbocycles. The van der Waals surface area contributed by atoms with E-state index in [1.165, 1.54) is 0 Å². The maximum atomic E-state index is 5.84. The molecule has 0 aromatic carbocycles. The van der Waals surface area contributed by atoms with Gasteiger partial charge in [0.25, 0.3) is 0 Å². The SMILES string of the molecule is ClCCc1csc(-c2cc(Cl)cs2)n1. The van der Waals surface area contributed by atoms with Crippen molar-refractivity contribution in [1.82, 2.24) is 4.98 Å². The van der Waals surface area contributed by atoms with Gasteiger partial charge in [0.15, 0.2) is 0 Å². The van der Waals surface area contributed by atoms with Crippen LogP contribution in [0.3, 0.4) is 0 Å². The third kappa shape index (κ3) is 2.28. The van der Waals surface area contributed by atoms with E-state index in [9.17, 15) is 0 Å². The van der Waals surface area contributed by atoms with E-state index in [0.29, 0.717) is 5.88 Å². The van der Waals surface area contributed by atoms with Gasteiger partial charge in [-0.05, 0) is 6.07 Å². The van der Waals surface area contributed by atoms with E-state index in [-0.39, 0.29) is 0 Å². The Bertz CT molecular complexity index is 422. The second kappa shape index (κ2) is 4.62. The zero-order chi connectivity index (χ0) is 9.97. The predicted molar refractivity (Wildman–Crippen MR) is 64.9 cm³/mol. The lowest BCUT2D eigenvalue weighted by molar-refractivity contribution is 1.07. The lowest BCUT2D eigenvalue weighted by atomic mass is 10.4. The summed E-state index contributed by atoms with van der Waals surface area (Å²) in [7, 11) is 0. The number of nitrogens with zero attached hydrogens (tertiary/aromatic N) is 1. The molecule has 0 N–H and O–H groups in total. The van der Waals surface area contributed by atoms with Crippen molar-refractivity contribution in [1.29, 1.82) is 0 Å². The molecule has 0 unspecified atom stereocenters. The normalized spacial score (nSPS) is 10.7. The lowest BCUT2D eigenvalue weighted by Gasteiger charge is -1.88. The third-order valence-corrected chi connectivity index (χ3v) is 4.21. The van der Waals surface area contributed by atoms with Crippen LogP contribution in [0.4, 0.5) is 0 Å². The van der Waals surface area contributed by atoms with E-state index in [1.54, 1.807) is 22.7 Å². The molecule has 2 aromatic rings. The van der Waals surface area contributed by atoms with Crippen LogP contribution >= 0.6 is 45.9 Å². The van der Waals surface area contributed by atoms with Crippen molar-refractivity contribution in [3.05, 3.63) is 27.5 Å². The molecule has 0 fully saturated rings. The quantitative estimate of drug-likeness (QED) is 0.753. The molecule has 2 heterocycles. The van der Waals surface area contributed by atoms with Crippen LogP contribution in [0.1, 0.15) is 5.69 Å². The summed E-state index contributed by atoms with van der Waals surface area (Å²) in [5.41, 5.74) is 1.06. The molecule has 2 aromatic heterocycles. The molecule has 1 nitrogen and oxygen atoms in total. The van der Waals surface area contributed by atoms with Crippen LogP contribution in [0.25, 0.3) is 9.88 Å². The van der Waals surface area contributed by atoms with Crippen LogP contribution in [0, 0.1) is 0 Å². The molecule has 0 saturated carbocycles. The van der Waals surface area contributed by atoms with Gasteiger partial charge in [-0.1, -0.05) is 11.6 Å². The largest absolute Gasteiger partial charge is 0.240 e. The number of hydrogen-bond donors (Lipinski definition) is 0. The highest BCUT2D eigenvalue weighted by Gasteiger charge is 2.06. The smallest absolute Gasteiger partial charge is 0.133 e. The Morgan fingerprint density at radius 3 is 2.79 bits per heavy atom. The Morgan fingerprint density at radius 1 is 1.29 bits per heavy atom. The van der Waals surface area contributed by atoms with Crippen molar-refractivity contribution in [2.24, 2.45) is 0 Å². The van der Waals surface area contributed by atoms with Crippen molar-refractivity contribution in [2.75, 3.05) is 5.88 Å². The molecular formula is C9H7Cl2NS2. The van der Waals surface area contributed by atoms with Crippen LogP contribution < -0.4 is 0 Å². The molecule has 0 aliphatic heterocycles. The molecule has 0 amide bonds. The standard InChI is InChI=1S/C9H7Cl2NS2/c10-2-1-7-5-14-9(12-7)8-3-6(11)4-13-8/h3-5H,1-2H2. The number of rotatable bonds is 3. The highest BCUT2D eigenvalue weighted by molar-refractivity contribution is 7.20. The Kier molecular flexibility index (Phi) is 3.44. The minimum Gasteiger partial charge on any atom is -0.240 e. The van der Waals surface area contributed by atoms with Crippen LogP contribution in [-0.4, -0.2) is 10.9 Å². The van der Waals surface area contributed by atoms with Crippen LogP contribution in [-0.2, 0) is 6.42 Å². The molecular weight excluding hydrogens is 257 g/mol. The first-order valence-electron chi connectivity index (χ1n) is 4.04. The monoisotopic (exact) mass is 263 g/mol. The Hall–Kier alpha value is -0.0900. The highest BCUT2D eigenvalue weighted by atomic mass is 35.5. The van der Waals surface area contributed by atoms with Gasteiger partial charge in [-0.25, -0.2) is 4.98 Å². The van der Waals surface area contributed by atoms with Gasteiger partial charge in [0.2, 0.25) is 0 Å². The van der Waals surface area contributed by atoms with Crippen LogP contribution in [0.15, 0.2) is 16.8 Å². The maximum Gasteiger partial charge on any atom is 0.133 e. The minimum atomic E-state index is 0.619. The fourth-order valence-electron chi connectivity index (χ4n) is 1.06. The van der Waals surface area contributed by atoms with Gasteiger partial charge in [-0.3, -0.25) is 0 Å². The summed E-state index contributed by atoms with van der Waals surface area (Å²) in [4.78, 5) is 5.60. The van der Waals surface area contributed by atoms with Gasteiger partial charge < -0.3 is 0 Å². The van der Waals surface area contributed by atoms with E-state index < -0.39 is 0 Å². The first kappa shape index (κ1) is 10.4. The predicted octanol–water partition coefficient (Wildman–Crippen LogP) is 4.31. The second-order valence-electron chi connectivity index (χ2n) is 2.71. The molecule has 2 rings (SSSR count). The Labute approximate surface area is 100 Å². The van der Waals surface area contributed by atoms with Crippen molar-refractivity contribution >= 4 is 45.9 Å². The first-order chi connectivity index (χ1) is 6.79. The van der Waals surface area contributed by atoms with Gasteiger partial charge in [-0.2, -0.15) is 0 Å². The van der Waals surface area contributed by atoms with E-state index in [0.717, 1.165) is 27.0 Å². The van der Waals surface area contributed by atoms with Crippen molar-refractivity contribution in [3.8, 4) is 9.88 Å². The van der Waals surface area contributed by atoms with Crippen LogP contribution in [0.5, 0.6) is 0 Å². The minimum absolute atomic E-state index is 0.619. The molecule has 0 radical (unpaired) electrons. The molecule has 0 aliphatic rings. The van der Waals surface area contributed by atoms with Crippen molar-refractivity contribution in [3.63, 3.8) is 0 Å². The molecule has 74 valence electrons. The van der Waals surface area contributed by atoms with E-state index in [4.69, 9.17) is 23.2 Å². The van der Waals surface area contributed by atoms with Gasteiger partial charge in [0.05, 0.1) is 15.6 Å². The molecule has 0 spiro atoms. The average molecular weight is 264 g/mol. The van der Waals surface area contributed by atoms with Gasteiger partial charge in [0.1, 0.15) is 5.01 Å². The number of halogens is 2. The fourth-order valence-corrected chi connectivity index (χ4v) is 3.26. The molecule has 0 bridgehead atoms. The second-order valence-corrected chi connectivity index (χ2v) is 5.30. The average Bonchev–Trinajstić information content (AvgIpc) is 2.74. The Morgan fingerprint density at radius 2 is 2.14 bits per heavy atom. The summed E-state index contributed by atoms with van der Waals surface area (Å²) >= 11 is 14.7. The summed E-state index contributed by atoms with van der Waals surface area (Å²) in [6.45, 7) is 0. The zero-order valence-corrected chi connectivity index (χ0v) is 10.3. The number of aryl methyl sites for hydroxylation is 1. The zero-order valence-electron chi connectivity index (χ0n) is 7.17. The summed E-state index contributed by atoms with van der Waals surface area (Å²) in [6.07, 6.45) is 0.831. The molecule has 0 saturated heterocycles. The summed E-state index contributed by atoms with van der Waals surface area (Å²) in [6, 6.07) is 1.94. The summed E-state index contributed by atoms with van der Waals surface area (Å²) in [5, 5.41) is 5.77. The van der Waals surface area contributed by atoms with E-state index in [2.05, 4.69) is 4.98 Å². The number of hydrogen-bond acceptors (Lipinski definition) is 3. The number of alkyl halides is 1. The topological polar surface area (TPSA) is 12.9 Å². The van der Waals surface area contributed by atoms with Crippen molar-refractivity contribution < 1.29 is 0 Å². The summed E-state index contributed by atoms with van der Waals surface area (Å²) in [5.74, 6) is 0.619. The fraction of sp³-hybridized carbons (Fsp3) is 0.222. The van der Waals surface area contributed by atoms with Crippen LogP contribution in [0.2, 0.25) is 5.02 Å². The summed E-state index contributed by atoms with van der Waals surface area (Å²) < 4.78 is 0. The third-order valence-electron chi connectivity index (χ3n) is 1.68. The number of aromatic nitrogens is 1. The number of thiazole rings is 1. The van der Waals surface area contributed by atoms with E-state index in [1.807, 2.05) is 16.8 Å². The molecule has 5 heteroatoms.